The van der Waals surface area contributed by atoms with Crippen molar-refractivity contribution in [3.05, 3.63) is 0 Å². The maximum atomic E-state index is 5.59. The van der Waals surface area contributed by atoms with Gasteiger partial charge >= 0.3 is 0 Å². The normalized spacial score (nSPS) is 25.8. The fraction of sp³-hybridized carbons (Fsp3) is 1.00. The Morgan fingerprint density at radius 3 is 2.42 bits per heavy atom. The van der Waals surface area contributed by atoms with E-state index in [-0.39, 0.29) is 24.8 Å². The summed E-state index contributed by atoms with van der Waals surface area (Å²) >= 11 is 0. The molecule has 2 unspecified atom stereocenters. The van der Waals surface area contributed by atoms with Crippen molar-refractivity contribution in [3.8, 4) is 0 Å². The quantitative estimate of drug-likeness (QED) is 0.756. The standard InChI is InChI=1S/C8H18N2.2ClH/c1-7(6-9)8-4-3-5-10(8)2;;/h7-8H,3-6,9H2,1-2H3;2*1H. The Morgan fingerprint density at radius 1 is 1.50 bits per heavy atom. The molecule has 0 aromatic rings. The number of likely N-dealkylation sites (tertiary alicyclic amines) is 1. The van der Waals surface area contributed by atoms with Gasteiger partial charge in [0.25, 0.3) is 0 Å². The fourth-order valence-corrected chi connectivity index (χ4v) is 1.81. The van der Waals surface area contributed by atoms with E-state index in [1.807, 2.05) is 0 Å². The first kappa shape index (κ1) is 15.0. The molecule has 4 heteroatoms. The third-order valence-corrected chi connectivity index (χ3v) is 2.61. The predicted octanol–water partition coefficient (Wildman–Crippen LogP) is 1.52. The molecule has 76 valence electrons. The average Bonchev–Trinajstić information content (AvgIpc) is 2.34. The first-order valence-electron chi connectivity index (χ1n) is 4.16. The number of hydrogen-bond acceptors (Lipinski definition) is 2. The van der Waals surface area contributed by atoms with Gasteiger partial charge in [-0.2, -0.15) is 0 Å². The van der Waals surface area contributed by atoms with Crippen molar-refractivity contribution >= 4 is 24.8 Å². The largest absolute Gasteiger partial charge is 0.330 e. The van der Waals surface area contributed by atoms with Gasteiger partial charge in [-0.1, -0.05) is 6.92 Å². The van der Waals surface area contributed by atoms with Crippen LogP contribution >= 0.6 is 24.8 Å². The first-order chi connectivity index (χ1) is 4.75. The highest BCUT2D eigenvalue weighted by Crippen LogP contribution is 2.20. The molecule has 1 fully saturated rings. The molecule has 1 heterocycles. The Kier molecular flexibility index (Phi) is 8.69. The molecular formula is C8H20Cl2N2. The molecule has 0 radical (unpaired) electrons. The number of nitrogens with two attached hydrogens (primary N) is 1. The van der Waals surface area contributed by atoms with E-state index >= 15 is 0 Å². The van der Waals surface area contributed by atoms with Crippen LogP contribution in [0.25, 0.3) is 0 Å². The molecule has 1 aliphatic rings. The zero-order valence-electron chi connectivity index (χ0n) is 7.82. The van der Waals surface area contributed by atoms with Crippen LogP contribution in [0, 0.1) is 5.92 Å². The van der Waals surface area contributed by atoms with Gasteiger partial charge in [0.05, 0.1) is 0 Å². The summed E-state index contributed by atoms with van der Waals surface area (Å²) in [6.07, 6.45) is 2.69. The Morgan fingerprint density at radius 2 is 2.08 bits per heavy atom. The number of nitrogens with zero attached hydrogens (tertiary/aromatic N) is 1. The summed E-state index contributed by atoms with van der Waals surface area (Å²) in [5.74, 6) is 0.674. The second-order valence-corrected chi connectivity index (χ2v) is 3.40. The summed E-state index contributed by atoms with van der Waals surface area (Å²) in [6, 6.07) is 0.755. The highest BCUT2D eigenvalue weighted by molar-refractivity contribution is 5.85. The highest BCUT2D eigenvalue weighted by atomic mass is 35.5. The second-order valence-electron chi connectivity index (χ2n) is 3.40. The molecule has 1 aliphatic heterocycles. The molecule has 1 saturated heterocycles. The monoisotopic (exact) mass is 214 g/mol. The maximum absolute atomic E-state index is 5.59. The Labute approximate surface area is 87.7 Å². The minimum atomic E-state index is 0. The van der Waals surface area contributed by atoms with Crippen LogP contribution in [0.4, 0.5) is 0 Å². The van der Waals surface area contributed by atoms with Crippen molar-refractivity contribution in [1.82, 2.24) is 4.90 Å². The molecule has 1 rings (SSSR count). The van der Waals surface area contributed by atoms with E-state index in [1.54, 1.807) is 0 Å². The van der Waals surface area contributed by atoms with Crippen LogP contribution < -0.4 is 5.73 Å². The summed E-state index contributed by atoms with van der Waals surface area (Å²) in [5.41, 5.74) is 5.59. The van der Waals surface area contributed by atoms with Gasteiger partial charge in [0, 0.05) is 6.04 Å². The smallest absolute Gasteiger partial charge is 0.0130 e. The van der Waals surface area contributed by atoms with Crippen LogP contribution in [0.5, 0.6) is 0 Å². The van der Waals surface area contributed by atoms with Crippen LogP contribution in [0.2, 0.25) is 0 Å². The Bertz CT molecular complexity index is 111. The maximum Gasteiger partial charge on any atom is 0.0130 e. The molecule has 0 aromatic carbocycles. The zero-order valence-corrected chi connectivity index (χ0v) is 9.46. The van der Waals surface area contributed by atoms with E-state index in [4.69, 9.17) is 5.73 Å². The fourth-order valence-electron chi connectivity index (χ4n) is 1.81. The van der Waals surface area contributed by atoms with Gasteiger partial charge in [0.15, 0.2) is 0 Å². The van der Waals surface area contributed by atoms with Gasteiger partial charge in [-0.15, -0.1) is 24.8 Å². The lowest BCUT2D eigenvalue weighted by molar-refractivity contribution is 0.242. The van der Waals surface area contributed by atoms with Crippen molar-refractivity contribution in [2.45, 2.75) is 25.8 Å². The van der Waals surface area contributed by atoms with Gasteiger partial charge in [-0.05, 0) is 38.9 Å². The summed E-state index contributed by atoms with van der Waals surface area (Å²) < 4.78 is 0. The van der Waals surface area contributed by atoms with Crippen molar-refractivity contribution in [3.63, 3.8) is 0 Å². The lowest BCUT2D eigenvalue weighted by Gasteiger charge is -2.24. The summed E-state index contributed by atoms with van der Waals surface area (Å²) in [4.78, 5) is 2.43. The van der Waals surface area contributed by atoms with Gasteiger partial charge in [0.2, 0.25) is 0 Å². The van der Waals surface area contributed by atoms with Crippen LogP contribution in [0.3, 0.4) is 0 Å². The summed E-state index contributed by atoms with van der Waals surface area (Å²) in [6.45, 7) is 4.33. The van der Waals surface area contributed by atoms with E-state index in [2.05, 4.69) is 18.9 Å². The van der Waals surface area contributed by atoms with Gasteiger partial charge in [0.1, 0.15) is 0 Å². The highest BCUT2D eigenvalue weighted by Gasteiger charge is 2.24. The zero-order chi connectivity index (χ0) is 7.56. The number of hydrogen-bond donors (Lipinski definition) is 1. The van der Waals surface area contributed by atoms with E-state index in [9.17, 15) is 0 Å². The summed E-state index contributed by atoms with van der Waals surface area (Å²) in [7, 11) is 2.20. The Hall–Kier alpha value is 0.500. The van der Waals surface area contributed by atoms with Gasteiger partial charge < -0.3 is 10.6 Å². The van der Waals surface area contributed by atoms with E-state index in [0.717, 1.165) is 12.6 Å². The lowest BCUT2D eigenvalue weighted by atomic mass is 10.0. The topological polar surface area (TPSA) is 29.3 Å². The van der Waals surface area contributed by atoms with Crippen LogP contribution in [0.1, 0.15) is 19.8 Å². The van der Waals surface area contributed by atoms with Crippen molar-refractivity contribution in [2.75, 3.05) is 20.1 Å². The molecule has 2 nitrogen and oxygen atoms in total. The molecular weight excluding hydrogens is 195 g/mol. The van der Waals surface area contributed by atoms with E-state index in [1.165, 1.54) is 19.4 Å². The molecule has 0 aromatic heterocycles. The van der Waals surface area contributed by atoms with Crippen LogP contribution in [-0.4, -0.2) is 31.1 Å². The van der Waals surface area contributed by atoms with Crippen LogP contribution in [-0.2, 0) is 0 Å². The molecule has 0 spiro atoms. The van der Waals surface area contributed by atoms with Crippen LogP contribution in [0.15, 0.2) is 0 Å². The van der Waals surface area contributed by atoms with Gasteiger partial charge in [-0.3, -0.25) is 0 Å². The third-order valence-electron chi connectivity index (χ3n) is 2.61. The van der Waals surface area contributed by atoms with E-state index < -0.39 is 0 Å². The molecule has 0 amide bonds. The minimum Gasteiger partial charge on any atom is -0.330 e. The third kappa shape index (κ3) is 3.48. The SMILES string of the molecule is CC(CN)C1CCCN1C.Cl.Cl. The lowest BCUT2D eigenvalue weighted by Crippen LogP contribution is -2.34. The molecule has 2 atom stereocenters. The Balaban J connectivity index is 0. The van der Waals surface area contributed by atoms with Crippen molar-refractivity contribution in [1.29, 1.82) is 0 Å². The van der Waals surface area contributed by atoms with Gasteiger partial charge in [-0.25, -0.2) is 0 Å². The first-order valence-corrected chi connectivity index (χ1v) is 4.16. The van der Waals surface area contributed by atoms with Crippen molar-refractivity contribution < 1.29 is 0 Å². The predicted molar refractivity (Wildman–Crippen MR) is 58.4 cm³/mol. The number of halogens is 2. The molecule has 0 saturated carbocycles. The molecule has 0 aliphatic carbocycles. The minimum absolute atomic E-state index is 0. The molecule has 2 N–H and O–H groups in total. The molecule has 0 bridgehead atoms. The average molecular weight is 215 g/mol. The number of rotatable bonds is 2. The summed E-state index contributed by atoms with van der Waals surface area (Å²) in [5, 5.41) is 0. The molecule has 12 heavy (non-hydrogen) atoms. The second kappa shape index (κ2) is 6.96. The van der Waals surface area contributed by atoms with E-state index in [0.29, 0.717) is 5.92 Å². The van der Waals surface area contributed by atoms with Crippen molar-refractivity contribution in [2.24, 2.45) is 11.7 Å².